The highest BCUT2D eigenvalue weighted by Gasteiger charge is 2.29. The van der Waals surface area contributed by atoms with Crippen molar-refractivity contribution >= 4 is 22.8 Å². The Labute approximate surface area is 131 Å². The molecular formula is C17H25N3S. The lowest BCUT2D eigenvalue weighted by molar-refractivity contribution is 0.317. The van der Waals surface area contributed by atoms with Gasteiger partial charge in [0.15, 0.2) is 5.16 Å². The summed E-state index contributed by atoms with van der Waals surface area (Å²) in [6.07, 6.45) is 5.12. The molecule has 1 aliphatic rings. The lowest BCUT2D eigenvalue weighted by Gasteiger charge is -2.34. The second-order valence-corrected chi connectivity index (χ2v) is 7.42. The topological polar surface area (TPSA) is 40.7 Å². The van der Waals surface area contributed by atoms with Gasteiger partial charge in [-0.25, -0.2) is 4.98 Å². The second kappa shape index (κ2) is 6.84. The van der Waals surface area contributed by atoms with E-state index in [1.165, 1.54) is 25.7 Å². The maximum absolute atomic E-state index is 4.73. The number of nitrogens with zero attached hydrogens (tertiary/aromatic N) is 1. The van der Waals surface area contributed by atoms with Crippen molar-refractivity contribution < 1.29 is 0 Å². The fraction of sp³-hybridized carbons (Fsp3) is 0.588. The highest BCUT2D eigenvalue weighted by atomic mass is 32.2. The summed E-state index contributed by atoms with van der Waals surface area (Å²) in [6.45, 7) is 5.73. The van der Waals surface area contributed by atoms with Gasteiger partial charge in [-0.15, -0.1) is 0 Å². The fourth-order valence-corrected chi connectivity index (χ4v) is 4.58. The van der Waals surface area contributed by atoms with Crippen LogP contribution in [0.5, 0.6) is 0 Å². The van der Waals surface area contributed by atoms with Crippen LogP contribution in [0.1, 0.15) is 39.5 Å². The van der Waals surface area contributed by atoms with E-state index < -0.39 is 0 Å². The Kier molecular flexibility index (Phi) is 4.86. The third-order valence-electron chi connectivity index (χ3n) is 4.34. The molecule has 1 fully saturated rings. The molecule has 3 atom stereocenters. The molecule has 1 aliphatic carbocycles. The van der Waals surface area contributed by atoms with E-state index in [1.807, 2.05) is 17.8 Å². The van der Waals surface area contributed by atoms with Crippen molar-refractivity contribution in [2.45, 2.75) is 56.0 Å². The van der Waals surface area contributed by atoms with Crippen LogP contribution in [-0.2, 0) is 0 Å². The molecule has 21 heavy (non-hydrogen) atoms. The number of imidazole rings is 1. The number of hydrogen-bond donors (Lipinski definition) is 2. The first-order chi connectivity index (χ1) is 10.3. The van der Waals surface area contributed by atoms with Crippen molar-refractivity contribution in [1.82, 2.24) is 15.3 Å². The van der Waals surface area contributed by atoms with Gasteiger partial charge in [-0.2, -0.15) is 0 Å². The Hall–Kier alpha value is -1.00. The van der Waals surface area contributed by atoms with Gasteiger partial charge in [0.1, 0.15) is 0 Å². The number of fused-ring (bicyclic) bond motifs is 1. The van der Waals surface area contributed by atoms with E-state index in [9.17, 15) is 0 Å². The highest BCUT2D eigenvalue weighted by Crippen LogP contribution is 2.35. The molecule has 2 aromatic rings. The van der Waals surface area contributed by atoms with E-state index >= 15 is 0 Å². The first-order valence-electron chi connectivity index (χ1n) is 8.11. The van der Waals surface area contributed by atoms with E-state index in [-0.39, 0.29) is 0 Å². The monoisotopic (exact) mass is 303 g/mol. The average Bonchev–Trinajstić information content (AvgIpc) is 2.88. The number of benzene rings is 1. The van der Waals surface area contributed by atoms with Crippen LogP contribution in [0.2, 0.25) is 0 Å². The van der Waals surface area contributed by atoms with Gasteiger partial charge in [0.05, 0.1) is 11.0 Å². The molecule has 4 heteroatoms. The van der Waals surface area contributed by atoms with Gasteiger partial charge in [0.25, 0.3) is 0 Å². The van der Waals surface area contributed by atoms with E-state index in [2.05, 4.69) is 42.3 Å². The molecule has 0 radical (unpaired) electrons. The Balaban J connectivity index is 1.73. The number of thioether (sulfide) groups is 1. The summed E-state index contributed by atoms with van der Waals surface area (Å²) in [5.74, 6) is 0.826. The largest absolute Gasteiger partial charge is 0.333 e. The van der Waals surface area contributed by atoms with Crippen LogP contribution in [0.15, 0.2) is 29.4 Å². The number of rotatable bonds is 5. The molecule has 1 aromatic heterocycles. The van der Waals surface area contributed by atoms with Gasteiger partial charge in [-0.05, 0) is 50.3 Å². The molecule has 1 saturated carbocycles. The molecular weight excluding hydrogens is 278 g/mol. The second-order valence-electron chi connectivity index (χ2n) is 6.19. The van der Waals surface area contributed by atoms with Crippen LogP contribution in [0, 0.1) is 5.92 Å². The lowest BCUT2D eigenvalue weighted by Crippen LogP contribution is -2.42. The normalized spacial score (nSPS) is 26.3. The quantitative estimate of drug-likeness (QED) is 0.869. The standard InChI is InChI=1S/C17H25N3S/c1-3-10-18-15-9-8-12(2)11-16(15)21-17-19-13-6-4-5-7-14(13)20-17/h4-7,12,15-16,18H,3,8-11H2,1-2H3,(H,19,20). The number of aromatic amines is 1. The number of H-pyrrole nitrogens is 1. The van der Waals surface area contributed by atoms with Gasteiger partial charge in [0, 0.05) is 11.3 Å². The van der Waals surface area contributed by atoms with E-state index in [4.69, 9.17) is 4.98 Å². The fourth-order valence-electron chi connectivity index (χ4n) is 3.15. The van der Waals surface area contributed by atoms with E-state index in [0.717, 1.165) is 28.7 Å². The highest BCUT2D eigenvalue weighted by molar-refractivity contribution is 7.99. The van der Waals surface area contributed by atoms with Crippen molar-refractivity contribution in [2.75, 3.05) is 6.54 Å². The van der Waals surface area contributed by atoms with Gasteiger partial charge < -0.3 is 10.3 Å². The third-order valence-corrected chi connectivity index (χ3v) is 5.58. The zero-order chi connectivity index (χ0) is 14.7. The minimum Gasteiger partial charge on any atom is -0.333 e. The van der Waals surface area contributed by atoms with Crippen LogP contribution in [-0.4, -0.2) is 27.8 Å². The predicted molar refractivity (Wildman–Crippen MR) is 90.8 cm³/mol. The van der Waals surface area contributed by atoms with Gasteiger partial charge in [0.2, 0.25) is 0 Å². The summed E-state index contributed by atoms with van der Waals surface area (Å²) < 4.78 is 0. The van der Waals surface area contributed by atoms with Crippen molar-refractivity contribution in [3.63, 3.8) is 0 Å². The molecule has 3 nitrogen and oxygen atoms in total. The molecule has 3 rings (SSSR count). The molecule has 0 bridgehead atoms. The van der Waals surface area contributed by atoms with Crippen molar-refractivity contribution in [3.8, 4) is 0 Å². The third kappa shape index (κ3) is 3.61. The molecule has 1 heterocycles. The summed E-state index contributed by atoms with van der Waals surface area (Å²) in [5, 5.41) is 5.43. The summed E-state index contributed by atoms with van der Waals surface area (Å²) in [6, 6.07) is 8.91. The molecule has 114 valence electrons. The number of aromatic nitrogens is 2. The number of hydrogen-bond acceptors (Lipinski definition) is 3. The van der Waals surface area contributed by atoms with Gasteiger partial charge in [-0.3, -0.25) is 0 Å². The van der Waals surface area contributed by atoms with Gasteiger partial charge >= 0.3 is 0 Å². The van der Waals surface area contributed by atoms with Crippen LogP contribution in [0.25, 0.3) is 11.0 Å². The first-order valence-corrected chi connectivity index (χ1v) is 8.99. The van der Waals surface area contributed by atoms with Crippen molar-refractivity contribution in [3.05, 3.63) is 24.3 Å². The molecule has 0 spiro atoms. The summed E-state index contributed by atoms with van der Waals surface area (Å²) >= 11 is 1.92. The molecule has 0 aliphatic heterocycles. The number of nitrogens with one attached hydrogen (secondary N) is 2. The molecule has 2 N–H and O–H groups in total. The maximum atomic E-state index is 4.73. The Morgan fingerprint density at radius 1 is 1.33 bits per heavy atom. The van der Waals surface area contributed by atoms with E-state index in [1.54, 1.807) is 0 Å². The van der Waals surface area contributed by atoms with Gasteiger partial charge in [-0.1, -0.05) is 37.7 Å². The Morgan fingerprint density at radius 2 is 2.19 bits per heavy atom. The van der Waals surface area contributed by atoms with Crippen LogP contribution in [0.4, 0.5) is 0 Å². The van der Waals surface area contributed by atoms with Crippen molar-refractivity contribution in [2.24, 2.45) is 5.92 Å². The molecule has 0 saturated heterocycles. The number of para-hydroxylation sites is 2. The molecule has 1 aromatic carbocycles. The zero-order valence-corrected chi connectivity index (χ0v) is 13.7. The lowest BCUT2D eigenvalue weighted by atomic mass is 9.87. The van der Waals surface area contributed by atoms with Crippen molar-refractivity contribution in [1.29, 1.82) is 0 Å². The maximum Gasteiger partial charge on any atom is 0.166 e. The zero-order valence-electron chi connectivity index (χ0n) is 12.9. The Morgan fingerprint density at radius 3 is 3.00 bits per heavy atom. The van der Waals surface area contributed by atoms with Crippen LogP contribution >= 0.6 is 11.8 Å². The average molecular weight is 303 g/mol. The SMILES string of the molecule is CCCNC1CCC(C)CC1Sc1nc2ccccc2[nH]1. The van der Waals surface area contributed by atoms with E-state index in [0.29, 0.717) is 11.3 Å². The molecule has 3 unspecified atom stereocenters. The first kappa shape index (κ1) is 14.9. The minimum atomic E-state index is 0.624. The predicted octanol–water partition coefficient (Wildman–Crippen LogP) is 4.21. The minimum absolute atomic E-state index is 0.624. The van der Waals surface area contributed by atoms with Crippen LogP contribution < -0.4 is 5.32 Å². The summed E-state index contributed by atoms with van der Waals surface area (Å²) in [4.78, 5) is 8.18. The summed E-state index contributed by atoms with van der Waals surface area (Å²) in [5.41, 5.74) is 2.21. The van der Waals surface area contributed by atoms with Crippen LogP contribution in [0.3, 0.4) is 0 Å². The summed E-state index contributed by atoms with van der Waals surface area (Å²) in [7, 11) is 0. The Bertz CT molecular complexity index is 545. The molecule has 0 amide bonds. The smallest absolute Gasteiger partial charge is 0.166 e.